The highest BCUT2D eigenvalue weighted by molar-refractivity contribution is 6.30. The van der Waals surface area contributed by atoms with E-state index in [4.69, 9.17) is 16.3 Å². The number of halogens is 1. The van der Waals surface area contributed by atoms with Gasteiger partial charge in [0.2, 0.25) is 0 Å². The standard InChI is InChI=1S/C19H18ClN3O4/c1-19(2,27-17-11-7-15(20)8-12-17)18(24)22-21-13-3-4-14-5-9-16(10-6-14)23(25)26/h3-13H,1-2H3,(H,22,24). The van der Waals surface area contributed by atoms with Crippen LogP contribution in [0, 0.1) is 10.1 Å². The van der Waals surface area contributed by atoms with Gasteiger partial charge in [0.05, 0.1) is 4.92 Å². The highest BCUT2D eigenvalue weighted by Gasteiger charge is 2.29. The first-order valence-electron chi connectivity index (χ1n) is 7.97. The van der Waals surface area contributed by atoms with E-state index in [1.54, 1.807) is 62.4 Å². The molecule has 8 heteroatoms. The number of hydrogen-bond acceptors (Lipinski definition) is 5. The molecule has 0 atom stereocenters. The average molecular weight is 388 g/mol. The largest absolute Gasteiger partial charge is 0.478 e. The summed E-state index contributed by atoms with van der Waals surface area (Å²) in [5.74, 6) is 0.0963. The number of nitro benzene ring substituents is 1. The molecule has 2 aromatic rings. The SMILES string of the molecule is CC(C)(Oc1ccc(Cl)cc1)C(=O)NN=CC=Cc1ccc([N+](=O)[O-])cc1. The summed E-state index contributed by atoms with van der Waals surface area (Å²) < 4.78 is 5.66. The summed E-state index contributed by atoms with van der Waals surface area (Å²) in [5.41, 5.74) is 2.06. The maximum Gasteiger partial charge on any atom is 0.283 e. The molecule has 0 saturated carbocycles. The summed E-state index contributed by atoms with van der Waals surface area (Å²) >= 11 is 5.82. The van der Waals surface area contributed by atoms with Crippen LogP contribution in [0.25, 0.3) is 6.08 Å². The molecule has 0 aliphatic carbocycles. The molecule has 7 nitrogen and oxygen atoms in total. The number of nitro groups is 1. The monoisotopic (exact) mass is 387 g/mol. The minimum atomic E-state index is -1.13. The van der Waals surface area contributed by atoms with Crippen LogP contribution in [0.1, 0.15) is 19.4 Å². The summed E-state index contributed by atoms with van der Waals surface area (Å²) in [7, 11) is 0. The van der Waals surface area contributed by atoms with Gasteiger partial charge in [-0.05, 0) is 61.9 Å². The van der Waals surface area contributed by atoms with Gasteiger partial charge in [0.1, 0.15) is 5.75 Å². The lowest BCUT2D eigenvalue weighted by Crippen LogP contribution is -2.44. The minimum Gasteiger partial charge on any atom is -0.478 e. The summed E-state index contributed by atoms with van der Waals surface area (Å²) in [6, 6.07) is 12.7. The highest BCUT2D eigenvalue weighted by Crippen LogP contribution is 2.21. The number of carbonyl (C=O) groups excluding carboxylic acids is 1. The van der Waals surface area contributed by atoms with Crippen molar-refractivity contribution in [3.63, 3.8) is 0 Å². The van der Waals surface area contributed by atoms with Crippen molar-refractivity contribution in [1.82, 2.24) is 5.43 Å². The van der Waals surface area contributed by atoms with Crippen molar-refractivity contribution in [1.29, 1.82) is 0 Å². The van der Waals surface area contributed by atoms with E-state index in [-0.39, 0.29) is 5.69 Å². The van der Waals surface area contributed by atoms with Gasteiger partial charge in [-0.3, -0.25) is 14.9 Å². The van der Waals surface area contributed by atoms with E-state index >= 15 is 0 Å². The first-order chi connectivity index (χ1) is 12.8. The molecule has 0 bridgehead atoms. The number of carbonyl (C=O) groups is 1. The quantitative estimate of drug-likeness (QED) is 0.437. The first kappa shape index (κ1) is 20.1. The van der Waals surface area contributed by atoms with Gasteiger partial charge in [0.15, 0.2) is 5.60 Å². The number of nitrogens with zero attached hydrogens (tertiary/aromatic N) is 2. The molecule has 0 heterocycles. The van der Waals surface area contributed by atoms with E-state index in [0.717, 1.165) is 5.56 Å². The molecule has 0 fully saturated rings. The van der Waals surface area contributed by atoms with Crippen LogP contribution in [-0.4, -0.2) is 22.6 Å². The van der Waals surface area contributed by atoms with Gasteiger partial charge in [-0.1, -0.05) is 17.7 Å². The van der Waals surface area contributed by atoms with Crippen molar-refractivity contribution in [3.05, 3.63) is 75.3 Å². The van der Waals surface area contributed by atoms with E-state index in [0.29, 0.717) is 10.8 Å². The zero-order chi connectivity index (χ0) is 19.9. The molecule has 0 unspecified atom stereocenters. The van der Waals surface area contributed by atoms with Gasteiger partial charge in [-0.15, -0.1) is 0 Å². The summed E-state index contributed by atoms with van der Waals surface area (Å²) in [4.78, 5) is 22.3. The van der Waals surface area contributed by atoms with Crippen molar-refractivity contribution >= 4 is 35.5 Å². The predicted molar refractivity (Wildman–Crippen MR) is 105 cm³/mol. The summed E-state index contributed by atoms with van der Waals surface area (Å²) in [5, 5.41) is 15.0. The average Bonchev–Trinajstić information content (AvgIpc) is 2.63. The van der Waals surface area contributed by atoms with Crippen LogP contribution in [0.3, 0.4) is 0 Å². The van der Waals surface area contributed by atoms with E-state index in [2.05, 4.69) is 10.5 Å². The van der Waals surface area contributed by atoms with Gasteiger partial charge < -0.3 is 4.74 Å². The fourth-order valence-electron chi connectivity index (χ4n) is 1.98. The number of hydrazone groups is 1. The smallest absolute Gasteiger partial charge is 0.283 e. The minimum absolute atomic E-state index is 0.0241. The number of nitrogens with one attached hydrogen (secondary N) is 1. The topological polar surface area (TPSA) is 93.8 Å². The van der Waals surface area contributed by atoms with Crippen molar-refractivity contribution < 1.29 is 14.5 Å². The van der Waals surface area contributed by atoms with Gasteiger partial charge in [-0.25, -0.2) is 5.43 Å². The highest BCUT2D eigenvalue weighted by atomic mass is 35.5. The number of rotatable bonds is 7. The second kappa shape index (κ2) is 8.95. The van der Waals surface area contributed by atoms with Crippen LogP contribution in [0.15, 0.2) is 59.7 Å². The Morgan fingerprint density at radius 1 is 1.19 bits per heavy atom. The lowest BCUT2D eigenvalue weighted by Gasteiger charge is -2.24. The molecule has 0 spiro atoms. The Morgan fingerprint density at radius 2 is 1.81 bits per heavy atom. The lowest BCUT2D eigenvalue weighted by molar-refractivity contribution is -0.384. The van der Waals surface area contributed by atoms with Gasteiger partial charge in [0.25, 0.3) is 11.6 Å². The van der Waals surface area contributed by atoms with Crippen LogP contribution in [-0.2, 0) is 4.79 Å². The fraction of sp³-hybridized carbons (Fsp3) is 0.158. The first-order valence-corrected chi connectivity index (χ1v) is 8.35. The summed E-state index contributed by atoms with van der Waals surface area (Å²) in [6.07, 6.45) is 4.71. The Balaban J connectivity index is 1.87. The molecule has 2 rings (SSSR count). The number of amides is 1. The Labute approximate surface area is 161 Å². The van der Waals surface area contributed by atoms with E-state index in [9.17, 15) is 14.9 Å². The third-order valence-corrected chi connectivity index (χ3v) is 3.70. The van der Waals surface area contributed by atoms with Crippen LogP contribution in [0.2, 0.25) is 5.02 Å². The van der Waals surface area contributed by atoms with E-state index in [1.807, 2.05) is 0 Å². The normalized spacial score (nSPS) is 11.7. The zero-order valence-corrected chi connectivity index (χ0v) is 15.5. The van der Waals surface area contributed by atoms with Crippen LogP contribution < -0.4 is 10.2 Å². The van der Waals surface area contributed by atoms with Crippen molar-refractivity contribution in [2.24, 2.45) is 5.10 Å². The Bertz CT molecular complexity index is 860. The Morgan fingerprint density at radius 3 is 2.41 bits per heavy atom. The molecule has 0 aliphatic rings. The molecule has 0 aromatic heterocycles. The van der Waals surface area contributed by atoms with Gasteiger partial charge in [0, 0.05) is 23.4 Å². The van der Waals surface area contributed by atoms with E-state index < -0.39 is 16.4 Å². The molecule has 1 N–H and O–H groups in total. The maximum absolute atomic E-state index is 12.2. The van der Waals surface area contributed by atoms with Crippen LogP contribution >= 0.6 is 11.6 Å². The molecular formula is C19H18ClN3O4. The number of benzene rings is 2. The number of non-ortho nitro benzene ring substituents is 1. The molecule has 0 radical (unpaired) electrons. The van der Waals surface area contributed by atoms with Crippen molar-refractivity contribution in [3.8, 4) is 5.75 Å². The van der Waals surface area contributed by atoms with Crippen LogP contribution in [0.4, 0.5) is 5.69 Å². The van der Waals surface area contributed by atoms with Crippen molar-refractivity contribution in [2.75, 3.05) is 0 Å². The number of allylic oxidation sites excluding steroid dienone is 1. The van der Waals surface area contributed by atoms with Gasteiger partial charge in [-0.2, -0.15) is 5.10 Å². The second-order valence-corrected chi connectivity index (χ2v) is 6.43. The molecule has 0 saturated heterocycles. The Hall–Kier alpha value is -3.19. The third kappa shape index (κ3) is 6.23. The fourth-order valence-corrected chi connectivity index (χ4v) is 2.10. The zero-order valence-electron chi connectivity index (χ0n) is 14.8. The second-order valence-electron chi connectivity index (χ2n) is 5.99. The maximum atomic E-state index is 12.2. The molecular weight excluding hydrogens is 370 g/mol. The Kier molecular flexibility index (Phi) is 6.67. The third-order valence-electron chi connectivity index (χ3n) is 3.45. The number of ether oxygens (including phenoxy) is 1. The molecule has 140 valence electrons. The molecule has 0 aliphatic heterocycles. The molecule has 2 aromatic carbocycles. The number of hydrogen-bond donors (Lipinski definition) is 1. The molecule has 1 amide bonds. The lowest BCUT2D eigenvalue weighted by atomic mass is 10.1. The predicted octanol–water partition coefficient (Wildman–Crippen LogP) is 4.22. The van der Waals surface area contributed by atoms with Crippen LogP contribution in [0.5, 0.6) is 5.75 Å². The van der Waals surface area contributed by atoms with Gasteiger partial charge >= 0.3 is 0 Å². The molecule has 27 heavy (non-hydrogen) atoms. The van der Waals surface area contributed by atoms with E-state index in [1.165, 1.54) is 18.3 Å². The van der Waals surface area contributed by atoms with Crippen molar-refractivity contribution in [2.45, 2.75) is 19.4 Å². The summed E-state index contributed by atoms with van der Waals surface area (Å²) in [6.45, 7) is 3.25.